The van der Waals surface area contributed by atoms with Gasteiger partial charge in [0.2, 0.25) is 0 Å². The summed E-state index contributed by atoms with van der Waals surface area (Å²) in [6.45, 7) is 2.15. The Morgan fingerprint density at radius 3 is 2.31 bits per heavy atom. The molecule has 6 atom stereocenters. The Morgan fingerprint density at radius 1 is 0.885 bits per heavy atom. The van der Waals surface area contributed by atoms with Gasteiger partial charge in [-0.3, -0.25) is 0 Å². The Bertz CT molecular complexity index is 601. The lowest BCUT2D eigenvalue weighted by molar-refractivity contribution is 0.00566. The quantitative estimate of drug-likeness (QED) is 0.470. The molecule has 0 radical (unpaired) electrons. The van der Waals surface area contributed by atoms with Gasteiger partial charge in [-0.05, 0) is 118 Å². The molecular weight excluding hydrogens is 336 g/mol. The van der Waals surface area contributed by atoms with Crippen molar-refractivity contribution < 1.29 is 0 Å². The molecule has 1 unspecified atom stereocenters. The van der Waals surface area contributed by atoms with Crippen LogP contribution in [0.15, 0.2) is 36.4 Å². The average molecular weight is 371 g/mol. The first-order valence-corrected chi connectivity index (χ1v) is 11.5. The summed E-state index contributed by atoms with van der Waals surface area (Å²) in [5, 5.41) is 0.870. The molecule has 0 N–H and O–H groups in total. The normalized spacial score (nSPS) is 37.3. The molecule has 0 nitrogen and oxygen atoms in total. The molecule has 0 amide bonds. The number of rotatable bonds is 4. The lowest BCUT2D eigenvalue weighted by Crippen LogP contribution is -2.41. The van der Waals surface area contributed by atoms with Crippen LogP contribution in [0.1, 0.15) is 82.6 Å². The zero-order chi connectivity index (χ0) is 17.9. The zero-order valence-electron chi connectivity index (χ0n) is 16.4. The Labute approximate surface area is 165 Å². The molecule has 3 aliphatic carbocycles. The molecule has 3 saturated carbocycles. The Kier molecular flexibility index (Phi) is 6.09. The third kappa shape index (κ3) is 4.06. The highest BCUT2D eigenvalue weighted by molar-refractivity contribution is 6.30. The summed E-state index contributed by atoms with van der Waals surface area (Å²) in [6.07, 6.45) is 19.2. The van der Waals surface area contributed by atoms with Gasteiger partial charge in [-0.1, -0.05) is 42.3 Å². The van der Waals surface area contributed by atoms with Gasteiger partial charge in [0.15, 0.2) is 0 Å². The molecule has 0 heterocycles. The fourth-order valence-electron chi connectivity index (χ4n) is 6.69. The van der Waals surface area contributed by atoms with E-state index in [2.05, 4.69) is 43.3 Å². The first-order valence-electron chi connectivity index (χ1n) is 11.1. The summed E-state index contributed by atoms with van der Waals surface area (Å²) in [6, 6.07) is 8.70. The predicted molar refractivity (Wildman–Crippen MR) is 113 cm³/mol. The number of hydrogen-bond acceptors (Lipinski definition) is 0. The second-order valence-electron chi connectivity index (χ2n) is 9.31. The topological polar surface area (TPSA) is 0 Å². The van der Waals surface area contributed by atoms with E-state index < -0.39 is 0 Å². The molecule has 0 saturated heterocycles. The molecule has 3 fully saturated rings. The summed E-state index contributed by atoms with van der Waals surface area (Å²) in [7, 11) is 0. The first-order chi connectivity index (χ1) is 12.7. The fraction of sp³-hybridized carbons (Fsp3) is 0.680. The van der Waals surface area contributed by atoms with Crippen LogP contribution in [-0.2, 0) is 0 Å². The van der Waals surface area contributed by atoms with Gasteiger partial charge in [0.25, 0.3) is 0 Å². The standard InChI is InChI=1S/C25H35Cl/c1-2-3-4-5-18-6-14-24-21(16-18)7-8-22-17-20(11-15-25(22)24)19-9-12-23(26)13-10-19/h2-3,9-10,12-13,18,20-22,24-25H,4-8,11,14-17H2,1H3/b3-2+/t18-,20?,21-,22+,24+,25+/m1/s1. The molecule has 26 heavy (non-hydrogen) atoms. The van der Waals surface area contributed by atoms with E-state index in [-0.39, 0.29) is 0 Å². The number of hydrogen-bond donors (Lipinski definition) is 0. The van der Waals surface area contributed by atoms with E-state index in [0.717, 1.165) is 40.5 Å². The van der Waals surface area contributed by atoms with Gasteiger partial charge < -0.3 is 0 Å². The van der Waals surface area contributed by atoms with Crippen LogP contribution in [-0.4, -0.2) is 0 Å². The number of fused-ring (bicyclic) bond motifs is 3. The van der Waals surface area contributed by atoms with Crippen LogP contribution in [0.2, 0.25) is 5.02 Å². The highest BCUT2D eigenvalue weighted by Crippen LogP contribution is 2.55. The highest BCUT2D eigenvalue weighted by atomic mass is 35.5. The van der Waals surface area contributed by atoms with Gasteiger partial charge in [0, 0.05) is 5.02 Å². The summed E-state index contributed by atoms with van der Waals surface area (Å²) in [4.78, 5) is 0. The van der Waals surface area contributed by atoms with E-state index in [9.17, 15) is 0 Å². The predicted octanol–water partition coefficient (Wildman–Crippen LogP) is 8.02. The van der Waals surface area contributed by atoms with Gasteiger partial charge in [-0.25, -0.2) is 0 Å². The van der Waals surface area contributed by atoms with E-state index in [4.69, 9.17) is 11.6 Å². The third-order valence-electron chi connectivity index (χ3n) is 7.97. The van der Waals surface area contributed by atoms with Crippen LogP contribution in [0.5, 0.6) is 0 Å². The van der Waals surface area contributed by atoms with Crippen molar-refractivity contribution in [2.45, 2.75) is 77.0 Å². The molecule has 1 aromatic carbocycles. The SMILES string of the molecule is C/C=C/CC[C@@H]1CC[C@H]2[C@H](CC[C@H]3CC(c4ccc(Cl)cc4)CC[C@@H]32)C1. The Hall–Kier alpha value is -0.750. The first kappa shape index (κ1) is 18.6. The lowest BCUT2D eigenvalue weighted by atomic mass is 9.55. The summed E-state index contributed by atoms with van der Waals surface area (Å²) in [5.74, 6) is 5.92. The van der Waals surface area contributed by atoms with Gasteiger partial charge in [-0.2, -0.15) is 0 Å². The molecule has 1 heteroatoms. The molecule has 4 rings (SSSR count). The van der Waals surface area contributed by atoms with Gasteiger partial charge in [0.1, 0.15) is 0 Å². The van der Waals surface area contributed by atoms with Crippen LogP contribution in [0.25, 0.3) is 0 Å². The number of halogens is 1. The largest absolute Gasteiger partial charge is 0.0917 e. The van der Waals surface area contributed by atoms with E-state index in [1.54, 1.807) is 0 Å². The minimum atomic E-state index is 0.780. The van der Waals surface area contributed by atoms with Crippen LogP contribution in [0, 0.1) is 29.6 Å². The van der Waals surface area contributed by atoms with E-state index >= 15 is 0 Å². The second kappa shape index (κ2) is 8.51. The Morgan fingerprint density at radius 2 is 1.58 bits per heavy atom. The smallest absolute Gasteiger partial charge is 0.0406 e. The second-order valence-corrected chi connectivity index (χ2v) is 9.75. The average Bonchev–Trinajstić information content (AvgIpc) is 2.68. The van der Waals surface area contributed by atoms with Crippen molar-refractivity contribution >= 4 is 11.6 Å². The molecule has 0 aromatic heterocycles. The fourth-order valence-corrected chi connectivity index (χ4v) is 6.82. The summed E-state index contributed by atoms with van der Waals surface area (Å²) >= 11 is 6.09. The number of benzene rings is 1. The van der Waals surface area contributed by atoms with Gasteiger partial charge in [0.05, 0.1) is 0 Å². The van der Waals surface area contributed by atoms with E-state index in [0.29, 0.717) is 0 Å². The molecule has 1 aromatic rings. The van der Waals surface area contributed by atoms with E-state index in [1.807, 2.05) is 0 Å². The molecule has 142 valence electrons. The summed E-state index contributed by atoms with van der Waals surface area (Å²) in [5.41, 5.74) is 1.53. The number of allylic oxidation sites excluding steroid dienone is 2. The maximum absolute atomic E-state index is 6.09. The van der Waals surface area contributed by atoms with Crippen LogP contribution >= 0.6 is 11.6 Å². The van der Waals surface area contributed by atoms with Crippen LogP contribution in [0.4, 0.5) is 0 Å². The van der Waals surface area contributed by atoms with Crippen LogP contribution < -0.4 is 0 Å². The van der Waals surface area contributed by atoms with Crippen molar-refractivity contribution in [3.8, 4) is 0 Å². The Balaban J connectivity index is 1.35. The van der Waals surface area contributed by atoms with Crippen molar-refractivity contribution in [2.75, 3.05) is 0 Å². The van der Waals surface area contributed by atoms with E-state index in [1.165, 1.54) is 69.8 Å². The van der Waals surface area contributed by atoms with Crippen molar-refractivity contribution in [3.05, 3.63) is 47.0 Å². The molecule has 0 aliphatic heterocycles. The van der Waals surface area contributed by atoms with Crippen molar-refractivity contribution in [1.82, 2.24) is 0 Å². The van der Waals surface area contributed by atoms with Gasteiger partial charge in [-0.15, -0.1) is 0 Å². The maximum atomic E-state index is 6.09. The molecule has 0 bridgehead atoms. The van der Waals surface area contributed by atoms with Crippen LogP contribution in [0.3, 0.4) is 0 Å². The van der Waals surface area contributed by atoms with Crippen molar-refractivity contribution in [1.29, 1.82) is 0 Å². The minimum absolute atomic E-state index is 0.780. The molecule has 0 spiro atoms. The summed E-state index contributed by atoms with van der Waals surface area (Å²) < 4.78 is 0. The zero-order valence-corrected chi connectivity index (χ0v) is 17.1. The third-order valence-corrected chi connectivity index (χ3v) is 8.22. The minimum Gasteiger partial charge on any atom is -0.0917 e. The highest BCUT2D eigenvalue weighted by Gasteiger charge is 2.44. The van der Waals surface area contributed by atoms with Gasteiger partial charge >= 0.3 is 0 Å². The maximum Gasteiger partial charge on any atom is 0.0406 e. The lowest BCUT2D eigenvalue weighted by Gasteiger charge is -2.51. The van der Waals surface area contributed by atoms with Crippen molar-refractivity contribution in [2.24, 2.45) is 29.6 Å². The molecule has 3 aliphatic rings. The monoisotopic (exact) mass is 370 g/mol. The molecular formula is C25H35Cl. The van der Waals surface area contributed by atoms with Crippen molar-refractivity contribution in [3.63, 3.8) is 0 Å².